The van der Waals surface area contributed by atoms with E-state index in [9.17, 15) is 14.4 Å². The van der Waals surface area contributed by atoms with Gasteiger partial charge >= 0.3 is 0 Å². The molecule has 0 atom stereocenters. The van der Waals surface area contributed by atoms with E-state index in [1.54, 1.807) is 0 Å². The summed E-state index contributed by atoms with van der Waals surface area (Å²) in [6.07, 6.45) is 2.19. The van der Waals surface area contributed by atoms with Crippen molar-refractivity contribution in [3.63, 3.8) is 0 Å². The average molecular weight is 489 g/mol. The summed E-state index contributed by atoms with van der Waals surface area (Å²) >= 11 is 1.04. The predicted molar refractivity (Wildman–Crippen MR) is 141 cm³/mol. The van der Waals surface area contributed by atoms with Crippen LogP contribution in [0.15, 0.2) is 53.3 Å². The van der Waals surface area contributed by atoms with Crippen LogP contribution in [0.3, 0.4) is 0 Å². The van der Waals surface area contributed by atoms with Crippen molar-refractivity contribution in [3.8, 4) is 0 Å². The van der Waals surface area contributed by atoms with Gasteiger partial charge in [0.05, 0.1) is 0 Å². The second-order valence-electron chi connectivity index (χ2n) is 8.40. The van der Waals surface area contributed by atoms with Gasteiger partial charge in [-0.05, 0) is 55.5 Å². The number of nitrogens with zero attached hydrogens (tertiary/aromatic N) is 2. The standard InChI is InChI=1S/C27H28N4O3S/c1-5-10-19-15-22(32)31-23(25(33)30-21-13-8-7-12-18(21)6-2)24(35-27(31)28-19)26(34)29-20-14-9-11-16(3)17(20)4/h7-9,11-15H,5-6,10H2,1-4H3,(H,29,34)(H,30,33). The van der Waals surface area contributed by atoms with Crippen LogP contribution >= 0.6 is 11.3 Å². The van der Waals surface area contributed by atoms with Crippen LogP contribution in [0.4, 0.5) is 11.4 Å². The van der Waals surface area contributed by atoms with Gasteiger partial charge in [0, 0.05) is 23.1 Å². The van der Waals surface area contributed by atoms with Gasteiger partial charge in [0.15, 0.2) is 4.96 Å². The van der Waals surface area contributed by atoms with E-state index in [-0.39, 0.29) is 16.1 Å². The molecule has 0 bridgehead atoms. The second-order valence-corrected chi connectivity index (χ2v) is 9.38. The lowest BCUT2D eigenvalue weighted by molar-refractivity contribution is 0.0989. The summed E-state index contributed by atoms with van der Waals surface area (Å²) in [6, 6.07) is 14.6. The predicted octanol–water partition coefficient (Wildman–Crippen LogP) is 5.39. The Morgan fingerprint density at radius 1 is 0.971 bits per heavy atom. The van der Waals surface area contributed by atoms with Crippen molar-refractivity contribution in [2.75, 3.05) is 10.6 Å². The molecule has 4 aromatic rings. The zero-order chi connectivity index (χ0) is 25.1. The molecule has 0 saturated carbocycles. The topological polar surface area (TPSA) is 92.6 Å². The minimum atomic E-state index is -0.532. The number of carbonyl (C=O) groups excluding carboxylic acids is 2. The number of hydrogen-bond donors (Lipinski definition) is 2. The molecule has 2 amide bonds. The normalized spacial score (nSPS) is 11.0. The number of benzene rings is 2. The van der Waals surface area contributed by atoms with Gasteiger partial charge in [0.25, 0.3) is 17.4 Å². The summed E-state index contributed by atoms with van der Waals surface area (Å²) < 4.78 is 1.24. The molecule has 2 aromatic heterocycles. The van der Waals surface area contributed by atoms with Crippen LogP contribution in [0.2, 0.25) is 0 Å². The Balaban J connectivity index is 1.84. The number of thiazole rings is 1. The minimum absolute atomic E-state index is 0.0146. The maximum absolute atomic E-state index is 13.5. The number of anilines is 2. The molecule has 0 radical (unpaired) electrons. The highest BCUT2D eigenvalue weighted by Crippen LogP contribution is 2.26. The smallest absolute Gasteiger partial charge is 0.274 e. The third kappa shape index (κ3) is 4.88. The van der Waals surface area contributed by atoms with Crippen LogP contribution in [0.5, 0.6) is 0 Å². The molecule has 0 unspecified atom stereocenters. The van der Waals surface area contributed by atoms with E-state index in [0.717, 1.165) is 40.9 Å². The number of rotatable bonds is 7. The van der Waals surface area contributed by atoms with Crippen molar-refractivity contribution in [1.82, 2.24) is 9.38 Å². The van der Waals surface area contributed by atoms with Gasteiger partial charge in [-0.1, -0.05) is 61.9 Å². The minimum Gasteiger partial charge on any atom is -0.321 e. The Bertz CT molecular complexity index is 1490. The number of fused-ring (bicyclic) bond motifs is 1. The Morgan fingerprint density at radius 2 is 1.69 bits per heavy atom. The first kappa shape index (κ1) is 24.3. The Morgan fingerprint density at radius 3 is 2.43 bits per heavy atom. The van der Waals surface area contributed by atoms with E-state index in [1.807, 2.05) is 70.2 Å². The number of carbonyl (C=O) groups is 2. The molecule has 8 heteroatoms. The first-order valence-corrected chi connectivity index (χ1v) is 12.5. The number of para-hydroxylation sites is 1. The lowest BCUT2D eigenvalue weighted by Crippen LogP contribution is -2.25. The van der Waals surface area contributed by atoms with E-state index >= 15 is 0 Å². The summed E-state index contributed by atoms with van der Waals surface area (Å²) in [6.45, 7) is 7.89. The summed E-state index contributed by atoms with van der Waals surface area (Å²) in [7, 11) is 0. The molecule has 180 valence electrons. The van der Waals surface area contributed by atoms with Crippen LogP contribution in [0.25, 0.3) is 4.96 Å². The molecule has 2 heterocycles. The quantitative estimate of drug-likeness (QED) is 0.365. The molecule has 0 aliphatic rings. The first-order chi connectivity index (χ1) is 16.8. The van der Waals surface area contributed by atoms with Crippen molar-refractivity contribution in [1.29, 1.82) is 0 Å². The third-order valence-corrected chi connectivity index (χ3v) is 7.04. The molecular weight excluding hydrogens is 460 g/mol. The van der Waals surface area contributed by atoms with Crippen molar-refractivity contribution in [3.05, 3.63) is 91.8 Å². The molecule has 2 aromatic carbocycles. The van der Waals surface area contributed by atoms with Crippen molar-refractivity contribution >= 4 is 39.5 Å². The molecule has 0 aliphatic heterocycles. The number of nitrogens with one attached hydrogen (secondary N) is 2. The molecule has 7 nitrogen and oxygen atoms in total. The first-order valence-electron chi connectivity index (χ1n) is 11.7. The van der Waals surface area contributed by atoms with Gasteiger partial charge in [-0.2, -0.15) is 0 Å². The highest BCUT2D eigenvalue weighted by molar-refractivity contribution is 7.19. The molecule has 2 N–H and O–H groups in total. The Kier molecular flexibility index (Phi) is 7.12. The van der Waals surface area contributed by atoms with Crippen LogP contribution in [0, 0.1) is 13.8 Å². The lowest BCUT2D eigenvalue weighted by atomic mass is 10.1. The number of hydrogen-bond acceptors (Lipinski definition) is 5. The van der Waals surface area contributed by atoms with E-state index in [2.05, 4.69) is 15.6 Å². The van der Waals surface area contributed by atoms with Crippen LogP contribution < -0.4 is 16.2 Å². The Labute approximate surface area is 207 Å². The van der Waals surface area contributed by atoms with Crippen LogP contribution in [0.1, 0.15) is 62.8 Å². The fourth-order valence-electron chi connectivity index (χ4n) is 3.96. The number of aryl methyl sites for hydroxylation is 3. The second kappa shape index (κ2) is 10.2. The van der Waals surface area contributed by atoms with Crippen LogP contribution in [-0.4, -0.2) is 21.2 Å². The van der Waals surface area contributed by atoms with E-state index < -0.39 is 11.8 Å². The monoisotopic (exact) mass is 488 g/mol. The summed E-state index contributed by atoms with van der Waals surface area (Å²) in [5.74, 6) is -0.991. The van der Waals surface area contributed by atoms with Gasteiger partial charge < -0.3 is 10.6 Å². The largest absolute Gasteiger partial charge is 0.321 e. The molecular formula is C27H28N4O3S. The molecule has 4 rings (SSSR count). The lowest BCUT2D eigenvalue weighted by Gasteiger charge is -2.12. The van der Waals surface area contributed by atoms with E-state index in [0.29, 0.717) is 28.5 Å². The highest BCUT2D eigenvalue weighted by Gasteiger charge is 2.27. The third-order valence-electron chi connectivity index (χ3n) is 6.00. The van der Waals surface area contributed by atoms with Gasteiger partial charge in [-0.15, -0.1) is 0 Å². The highest BCUT2D eigenvalue weighted by atomic mass is 32.1. The summed E-state index contributed by atoms with van der Waals surface area (Å²) in [5, 5.41) is 5.82. The summed E-state index contributed by atoms with van der Waals surface area (Å²) in [5.41, 5.74) is 4.47. The Hall–Kier alpha value is -3.78. The van der Waals surface area contributed by atoms with Gasteiger partial charge in [0.1, 0.15) is 10.6 Å². The number of amides is 2. The molecule has 35 heavy (non-hydrogen) atoms. The maximum atomic E-state index is 13.5. The van der Waals surface area contributed by atoms with Crippen molar-refractivity contribution in [2.45, 2.75) is 47.0 Å². The maximum Gasteiger partial charge on any atom is 0.274 e. The van der Waals surface area contributed by atoms with Crippen molar-refractivity contribution < 1.29 is 9.59 Å². The molecule has 0 fully saturated rings. The molecule has 0 saturated heterocycles. The number of aromatic nitrogens is 2. The fraction of sp³-hybridized carbons (Fsp3) is 0.259. The zero-order valence-corrected chi connectivity index (χ0v) is 21.1. The zero-order valence-electron chi connectivity index (χ0n) is 20.3. The van der Waals surface area contributed by atoms with Gasteiger partial charge in [-0.3, -0.25) is 14.4 Å². The van der Waals surface area contributed by atoms with E-state index in [1.165, 1.54) is 10.5 Å². The summed E-state index contributed by atoms with van der Waals surface area (Å²) in [4.78, 5) is 45.1. The van der Waals surface area contributed by atoms with Crippen LogP contribution in [-0.2, 0) is 12.8 Å². The molecule has 0 aliphatic carbocycles. The SMILES string of the molecule is CCCc1cc(=O)n2c(C(=O)Nc3ccccc3CC)c(C(=O)Nc3cccc(C)c3C)sc2n1. The van der Waals surface area contributed by atoms with Gasteiger partial charge in [-0.25, -0.2) is 9.38 Å². The van der Waals surface area contributed by atoms with E-state index in [4.69, 9.17) is 0 Å². The molecule has 0 spiro atoms. The average Bonchev–Trinajstić information content (AvgIpc) is 3.23. The fourth-order valence-corrected chi connectivity index (χ4v) is 5.00. The van der Waals surface area contributed by atoms with Gasteiger partial charge in [0.2, 0.25) is 0 Å². The van der Waals surface area contributed by atoms with Crippen molar-refractivity contribution in [2.24, 2.45) is 0 Å².